The van der Waals surface area contributed by atoms with E-state index in [0.29, 0.717) is 12.2 Å². The molecule has 1 aromatic rings. The van der Waals surface area contributed by atoms with E-state index in [4.69, 9.17) is 9.47 Å². The van der Waals surface area contributed by atoms with Crippen LogP contribution in [-0.4, -0.2) is 36.1 Å². The van der Waals surface area contributed by atoms with Crippen LogP contribution in [0.5, 0.6) is 5.75 Å². The number of anilines is 1. The van der Waals surface area contributed by atoms with Gasteiger partial charge in [-0.1, -0.05) is 20.8 Å². The molecule has 1 aromatic carbocycles. The predicted molar refractivity (Wildman–Crippen MR) is 86.0 cm³/mol. The van der Waals surface area contributed by atoms with Crippen molar-refractivity contribution in [2.75, 3.05) is 18.1 Å². The minimum atomic E-state index is -0.752. The normalized spacial score (nSPS) is 16.6. The maximum absolute atomic E-state index is 12.6. The van der Waals surface area contributed by atoms with Crippen LogP contribution in [0.4, 0.5) is 11.4 Å². The van der Waals surface area contributed by atoms with Crippen LogP contribution in [0.1, 0.15) is 27.2 Å². The van der Waals surface area contributed by atoms with E-state index in [0.717, 1.165) is 0 Å². The maximum atomic E-state index is 12.6. The van der Waals surface area contributed by atoms with Crippen LogP contribution in [-0.2, 0) is 14.3 Å². The van der Waals surface area contributed by atoms with Crippen molar-refractivity contribution >= 4 is 23.3 Å². The van der Waals surface area contributed by atoms with Gasteiger partial charge < -0.3 is 9.47 Å². The van der Waals surface area contributed by atoms with Gasteiger partial charge in [0.1, 0.15) is 12.3 Å². The molecule has 0 saturated carbocycles. The number of carbonyl (C=O) groups is 2. The number of non-ortho nitro benzene ring substituents is 1. The first-order valence-corrected chi connectivity index (χ1v) is 7.77. The summed E-state index contributed by atoms with van der Waals surface area (Å²) in [5.41, 5.74) is 0.0274. The van der Waals surface area contributed by atoms with E-state index >= 15 is 0 Å². The van der Waals surface area contributed by atoms with E-state index in [9.17, 15) is 19.7 Å². The van der Waals surface area contributed by atoms with Crippen molar-refractivity contribution in [1.82, 2.24) is 0 Å². The van der Waals surface area contributed by atoms with Gasteiger partial charge in [-0.15, -0.1) is 0 Å². The van der Waals surface area contributed by atoms with Gasteiger partial charge in [-0.05, 0) is 18.4 Å². The molecule has 0 aromatic heterocycles. The summed E-state index contributed by atoms with van der Waals surface area (Å²) in [6, 6.07) is 3.98. The van der Waals surface area contributed by atoms with Crippen molar-refractivity contribution in [1.29, 1.82) is 0 Å². The zero-order valence-electron chi connectivity index (χ0n) is 13.9. The first-order chi connectivity index (χ1) is 11.3. The predicted octanol–water partition coefficient (Wildman–Crippen LogP) is 2.30. The van der Waals surface area contributed by atoms with Gasteiger partial charge in [0.25, 0.3) is 11.6 Å². The standard InChI is InChI=1S/C16H20N2O6/c1-4-7-23-14(19)9-17-12-8-11(18(21)22)5-6-13(12)24-15(10(2)3)16(17)20/h5-6,8,10,15H,4,7,9H2,1-3H3. The molecular weight excluding hydrogens is 316 g/mol. The summed E-state index contributed by atoms with van der Waals surface area (Å²) in [5.74, 6) is -0.754. The minimum Gasteiger partial charge on any atom is -0.478 e. The molecule has 8 nitrogen and oxygen atoms in total. The number of carbonyl (C=O) groups excluding carboxylic acids is 2. The second kappa shape index (κ2) is 7.29. The number of rotatable bonds is 6. The van der Waals surface area contributed by atoms with Gasteiger partial charge in [0.2, 0.25) is 0 Å². The second-order valence-electron chi connectivity index (χ2n) is 5.84. The van der Waals surface area contributed by atoms with Gasteiger partial charge in [-0.2, -0.15) is 0 Å². The van der Waals surface area contributed by atoms with Crippen LogP contribution in [0.2, 0.25) is 0 Å². The Hall–Kier alpha value is -2.64. The molecule has 0 spiro atoms. The third kappa shape index (κ3) is 3.64. The lowest BCUT2D eigenvalue weighted by Crippen LogP contribution is -2.50. The summed E-state index contributed by atoms with van der Waals surface area (Å²) < 4.78 is 10.7. The smallest absolute Gasteiger partial charge is 0.326 e. The summed E-state index contributed by atoms with van der Waals surface area (Å²) in [6.07, 6.45) is -0.0858. The summed E-state index contributed by atoms with van der Waals surface area (Å²) in [6.45, 7) is 5.46. The summed E-state index contributed by atoms with van der Waals surface area (Å²) >= 11 is 0. The number of amides is 1. The molecule has 0 fully saturated rings. The number of hydrogen-bond donors (Lipinski definition) is 0. The highest BCUT2D eigenvalue weighted by molar-refractivity contribution is 6.03. The highest BCUT2D eigenvalue weighted by atomic mass is 16.6. The average Bonchev–Trinajstić information content (AvgIpc) is 2.54. The van der Waals surface area contributed by atoms with Gasteiger partial charge in [-0.3, -0.25) is 24.6 Å². The molecule has 1 heterocycles. The molecule has 1 aliphatic heterocycles. The van der Waals surface area contributed by atoms with Gasteiger partial charge in [-0.25, -0.2) is 0 Å². The van der Waals surface area contributed by atoms with E-state index in [-0.39, 0.29) is 30.4 Å². The van der Waals surface area contributed by atoms with E-state index in [2.05, 4.69) is 0 Å². The first-order valence-electron chi connectivity index (χ1n) is 7.77. The van der Waals surface area contributed by atoms with Gasteiger partial charge >= 0.3 is 5.97 Å². The fourth-order valence-electron chi connectivity index (χ4n) is 2.36. The number of hydrogen-bond acceptors (Lipinski definition) is 6. The van der Waals surface area contributed by atoms with Crippen molar-refractivity contribution in [2.45, 2.75) is 33.3 Å². The summed E-state index contributed by atoms with van der Waals surface area (Å²) in [7, 11) is 0. The lowest BCUT2D eigenvalue weighted by atomic mass is 10.0. The van der Waals surface area contributed by atoms with E-state index in [1.807, 2.05) is 20.8 Å². The molecule has 0 aliphatic carbocycles. The number of nitro benzene ring substituents is 1. The highest BCUT2D eigenvalue weighted by Crippen LogP contribution is 2.38. The Morgan fingerprint density at radius 1 is 1.46 bits per heavy atom. The van der Waals surface area contributed by atoms with Crippen LogP contribution in [0.25, 0.3) is 0 Å². The van der Waals surface area contributed by atoms with Crippen LogP contribution >= 0.6 is 0 Å². The van der Waals surface area contributed by atoms with Gasteiger partial charge in [0.15, 0.2) is 6.10 Å². The monoisotopic (exact) mass is 336 g/mol. The molecule has 0 bridgehead atoms. The zero-order valence-corrected chi connectivity index (χ0v) is 13.9. The van der Waals surface area contributed by atoms with Crippen molar-refractivity contribution in [3.63, 3.8) is 0 Å². The lowest BCUT2D eigenvalue weighted by Gasteiger charge is -2.35. The Bertz CT molecular complexity index is 658. The number of esters is 1. The largest absolute Gasteiger partial charge is 0.478 e. The molecule has 1 atom stereocenters. The van der Waals surface area contributed by atoms with E-state index < -0.39 is 22.9 Å². The lowest BCUT2D eigenvalue weighted by molar-refractivity contribution is -0.384. The minimum absolute atomic E-state index is 0.116. The Morgan fingerprint density at radius 2 is 2.17 bits per heavy atom. The molecule has 0 N–H and O–H groups in total. The van der Waals surface area contributed by atoms with Crippen molar-refractivity contribution in [3.05, 3.63) is 28.3 Å². The Morgan fingerprint density at radius 3 is 2.75 bits per heavy atom. The third-order valence-electron chi connectivity index (χ3n) is 3.57. The van der Waals surface area contributed by atoms with Crippen LogP contribution < -0.4 is 9.64 Å². The molecule has 0 saturated heterocycles. The molecule has 130 valence electrons. The molecule has 1 aliphatic rings. The fourth-order valence-corrected chi connectivity index (χ4v) is 2.36. The van der Waals surface area contributed by atoms with Crippen molar-refractivity contribution in [2.24, 2.45) is 5.92 Å². The number of benzene rings is 1. The van der Waals surface area contributed by atoms with Crippen molar-refractivity contribution in [3.8, 4) is 5.75 Å². The van der Waals surface area contributed by atoms with Crippen molar-refractivity contribution < 1.29 is 24.0 Å². The van der Waals surface area contributed by atoms with E-state index in [1.54, 1.807) is 0 Å². The molecule has 1 unspecified atom stereocenters. The SMILES string of the molecule is CCCOC(=O)CN1C(=O)C(C(C)C)Oc2ccc([N+](=O)[O-])cc21. The van der Waals surface area contributed by atoms with Gasteiger partial charge in [0, 0.05) is 12.1 Å². The molecule has 8 heteroatoms. The quantitative estimate of drug-likeness (QED) is 0.449. The van der Waals surface area contributed by atoms with E-state index in [1.165, 1.54) is 23.1 Å². The highest BCUT2D eigenvalue weighted by Gasteiger charge is 2.38. The zero-order chi connectivity index (χ0) is 17.9. The number of nitrogens with zero attached hydrogens (tertiary/aromatic N) is 2. The Kier molecular flexibility index (Phi) is 5.38. The number of ether oxygens (including phenoxy) is 2. The Balaban J connectivity index is 2.38. The summed E-state index contributed by atoms with van der Waals surface area (Å²) in [5, 5.41) is 11.0. The molecule has 2 rings (SSSR count). The molecule has 24 heavy (non-hydrogen) atoms. The molecule has 1 amide bonds. The fraction of sp³-hybridized carbons (Fsp3) is 0.500. The average molecular weight is 336 g/mol. The van der Waals surface area contributed by atoms with Crippen LogP contribution in [0.3, 0.4) is 0 Å². The van der Waals surface area contributed by atoms with Crippen LogP contribution in [0.15, 0.2) is 18.2 Å². The summed E-state index contributed by atoms with van der Waals surface area (Å²) in [4.78, 5) is 36.2. The Labute approximate surface area is 139 Å². The molecule has 0 radical (unpaired) electrons. The number of nitro groups is 1. The molecular formula is C16H20N2O6. The van der Waals surface area contributed by atoms with Gasteiger partial charge in [0.05, 0.1) is 17.2 Å². The topological polar surface area (TPSA) is 99.0 Å². The first kappa shape index (κ1) is 17.7. The number of fused-ring (bicyclic) bond motifs is 1. The second-order valence-corrected chi connectivity index (χ2v) is 5.84. The third-order valence-corrected chi connectivity index (χ3v) is 3.57. The maximum Gasteiger partial charge on any atom is 0.326 e. The van der Waals surface area contributed by atoms with Crippen LogP contribution in [0, 0.1) is 16.0 Å².